The van der Waals surface area contributed by atoms with Gasteiger partial charge in [0.2, 0.25) is 11.8 Å². The molecule has 0 bridgehead atoms. The SMILES string of the molecule is O=C(CCN1C(=O)[C@H]2CCCC[C@@H]2C1=O)OCc1cc(Cl)cc2c1OCOC2. The molecule has 4 rings (SSSR count). The average Bonchev–Trinajstić information content (AvgIpc) is 2.95. The standard InChI is InChI=1S/C20H22ClNO6/c21-14-7-12-9-26-11-28-18(12)13(8-14)10-27-17(23)5-6-22-19(24)15-3-1-2-4-16(15)20(22)25/h7-8,15-16H,1-6,9-11H2/t15-,16-/m0/s1. The second-order valence-corrected chi connectivity index (χ2v) is 7.84. The van der Waals surface area contributed by atoms with Crippen molar-refractivity contribution in [3.05, 3.63) is 28.3 Å². The third-order valence-corrected chi connectivity index (χ3v) is 5.83. The topological polar surface area (TPSA) is 82.1 Å². The molecule has 2 amide bonds. The Bertz CT molecular complexity index is 786. The number of benzene rings is 1. The highest BCUT2D eigenvalue weighted by Crippen LogP contribution is 2.38. The number of hydrogen-bond acceptors (Lipinski definition) is 6. The maximum Gasteiger partial charge on any atom is 0.307 e. The summed E-state index contributed by atoms with van der Waals surface area (Å²) < 4.78 is 16.1. The molecule has 150 valence electrons. The maximum atomic E-state index is 12.4. The molecule has 2 heterocycles. The van der Waals surface area contributed by atoms with Gasteiger partial charge in [0.1, 0.15) is 12.4 Å². The zero-order valence-corrected chi connectivity index (χ0v) is 16.2. The van der Waals surface area contributed by atoms with Crippen LogP contribution in [0.5, 0.6) is 5.75 Å². The quantitative estimate of drug-likeness (QED) is 0.551. The van der Waals surface area contributed by atoms with Crippen LogP contribution in [0.15, 0.2) is 12.1 Å². The summed E-state index contributed by atoms with van der Waals surface area (Å²) in [5, 5.41) is 0.509. The molecule has 0 unspecified atom stereocenters. The maximum absolute atomic E-state index is 12.4. The molecule has 0 aromatic heterocycles. The first kappa shape index (κ1) is 19.2. The number of amides is 2. The van der Waals surface area contributed by atoms with Crippen LogP contribution < -0.4 is 4.74 Å². The minimum Gasteiger partial charge on any atom is -0.467 e. The van der Waals surface area contributed by atoms with Crippen molar-refractivity contribution in [3.8, 4) is 5.75 Å². The first-order chi connectivity index (χ1) is 13.5. The highest BCUT2D eigenvalue weighted by molar-refractivity contribution is 6.30. The van der Waals surface area contributed by atoms with E-state index >= 15 is 0 Å². The van der Waals surface area contributed by atoms with Crippen LogP contribution in [-0.4, -0.2) is 36.0 Å². The number of likely N-dealkylation sites (tertiary alicyclic amines) is 1. The third kappa shape index (κ3) is 3.73. The van der Waals surface area contributed by atoms with Gasteiger partial charge in [0.05, 0.1) is 24.9 Å². The van der Waals surface area contributed by atoms with Gasteiger partial charge in [-0.3, -0.25) is 19.3 Å². The molecule has 0 N–H and O–H groups in total. The lowest BCUT2D eigenvalue weighted by Crippen LogP contribution is -2.33. The van der Waals surface area contributed by atoms with Gasteiger partial charge in [-0.05, 0) is 25.0 Å². The van der Waals surface area contributed by atoms with Crippen LogP contribution in [0.3, 0.4) is 0 Å². The van der Waals surface area contributed by atoms with E-state index in [4.69, 9.17) is 25.8 Å². The summed E-state index contributed by atoms with van der Waals surface area (Å²) in [6.07, 6.45) is 3.46. The van der Waals surface area contributed by atoms with E-state index in [0.29, 0.717) is 22.9 Å². The molecule has 0 spiro atoms. The average molecular weight is 408 g/mol. The Morgan fingerprint density at radius 3 is 2.61 bits per heavy atom. The van der Waals surface area contributed by atoms with Gasteiger partial charge < -0.3 is 14.2 Å². The van der Waals surface area contributed by atoms with Crippen LogP contribution in [0, 0.1) is 11.8 Å². The molecule has 2 atom stereocenters. The fraction of sp³-hybridized carbons (Fsp3) is 0.550. The number of ether oxygens (including phenoxy) is 3. The predicted octanol–water partition coefficient (Wildman–Crippen LogP) is 2.82. The van der Waals surface area contributed by atoms with Gasteiger partial charge in [-0.2, -0.15) is 0 Å². The van der Waals surface area contributed by atoms with Crippen molar-refractivity contribution in [1.82, 2.24) is 4.90 Å². The number of imide groups is 1. The number of fused-ring (bicyclic) bond motifs is 2. The Morgan fingerprint density at radius 1 is 1.18 bits per heavy atom. The smallest absolute Gasteiger partial charge is 0.307 e. The van der Waals surface area contributed by atoms with Crippen molar-refractivity contribution >= 4 is 29.4 Å². The Balaban J connectivity index is 1.33. The molecule has 1 aromatic rings. The molecule has 3 aliphatic rings. The highest BCUT2D eigenvalue weighted by atomic mass is 35.5. The number of carbonyl (C=O) groups excluding carboxylic acids is 3. The van der Waals surface area contributed by atoms with E-state index in [1.165, 1.54) is 4.90 Å². The second kappa shape index (κ2) is 8.09. The van der Waals surface area contributed by atoms with Gasteiger partial charge in [0, 0.05) is 22.7 Å². The van der Waals surface area contributed by atoms with E-state index in [-0.39, 0.29) is 50.0 Å². The first-order valence-corrected chi connectivity index (χ1v) is 9.95. The molecule has 1 aliphatic carbocycles. The number of esters is 1. The van der Waals surface area contributed by atoms with Gasteiger partial charge in [-0.25, -0.2) is 0 Å². The summed E-state index contributed by atoms with van der Waals surface area (Å²) >= 11 is 6.10. The van der Waals surface area contributed by atoms with Crippen LogP contribution in [0.2, 0.25) is 5.02 Å². The minimum absolute atomic E-state index is 0.00880. The number of carbonyl (C=O) groups is 3. The minimum atomic E-state index is -0.476. The summed E-state index contributed by atoms with van der Waals surface area (Å²) in [5.74, 6) is -0.530. The normalized spacial score (nSPS) is 23.8. The van der Waals surface area contributed by atoms with Crippen molar-refractivity contribution < 1.29 is 28.6 Å². The monoisotopic (exact) mass is 407 g/mol. The number of nitrogens with zero attached hydrogens (tertiary/aromatic N) is 1. The highest BCUT2D eigenvalue weighted by Gasteiger charge is 2.47. The lowest BCUT2D eigenvalue weighted by atomic mass is 9.81. The number of hydrogen-bond donors (Lipinski definition) is 0. The van der Waals surface area contributed by atoms with E-state index in [2.05, 4.69) is 0 Å². The summed E-state index contributed by atoms with van der Waals surface area (Å²) in [5.41, 5.74) is 1.47. The van der Waals surface area contributed by atoms with E-state index in [9.17, 15) is 14.4 Å². The molecule has 0 radical (unpaired) electrons. The molecule has 1 aromatic carbocycles. The second-order valence-electron chi connectivity index (χ2n) is 7.40. The largest absolute Gasteiger partial charge is 0.467 e. The Labute approximate surface area is 167 Å². The summed E-state index contributed by atoms with van der Waals surface area (Å²) in [6, 6.07) is 3.45. The van der Waals surface area contributed by atoms with Crippen molar-refractivity contribution in [2.45, 2.75) is 45.3 Å². The molecule has 2 fully saturated rings. The lowest BCUT2D eigenvalue weighted by Gasteiger charge is -2.21. The van der Waals surface area contributed by atoms with Gasteiger partial charge >= 0.3 is 5.97 Å². The van der Waals surface area contributed by atoms with E-state index in [0.717, 1.165) is 31.2 Å². The summed E-state index contributed by atoms with van der Waals surface area (Å²) in [4.78, 5) is 38.3. The molecule has 1 saturated heterocycles. The van der Waals surface area contributed by atoms with E-state index < -0.39 is 5.97 Å². The van der Waals surface area contributed by atoms with Crippen LogP contribution in [0.25, 0.3) is 0 Å². The van der Waals surface area contributed by atoms with Crippen LogP contribution >= 0.6 is 11.6 Å². The molecule has 8 heteroatoms. The third-order valence-electron chi connectivity index (χ3n) is 5.61. The van der Waals surface area contributed by atoms with Gasteiger partial charge in [0.25, 0.3) is 0 Å². The fourth-order valence-electron chi connectivity index (χ4n) is 4.25. The van der Waals surface area contributed by atoms with Crippen molar-refractivity contribution in [1.29, 1.82) is 0 Å². The number of halogens is 1. The molecule has 7 nitrogen and oxygen atoms in total. The van der Waals surface area contributed by atoms with Crippen molar-refractivity contribution in [3.63, 3.8) is 0 Å². The van der Waals surface area contributed by atoms with Crippen molar-refractivity contribution in [2.24, 2.45) is 11.8 Å². The lowest BCUT2D eigenvalue weighted by molar-refractivity contribution is -0.146. The van der Waals surface area contributed by atoms with E-state index in [1.54, 1.807) is 12.1 Å². The van der Waals surface area contributed by atoms with Crippen molar-refractivity contribution in [2.75, 3.05) is 13.3 Å². The Hall–Kier alpha value is -2.12. The van der Waals surface area contributed by atoms with Crippen LogP contribution in [-0.2, 0) is 37.1 Å². The molecular weight excluding hydrogens is 386 g/mol. The molecule has 28 heavy (non-hydrogen) atoms. The number of rotatable bonds is 5. The summed E-state index contributed by atoms with van der Waals surface area (Å²) in [6.45, 7) is 0.603. The zero-order valence-electron chi connectivity index (χ0n) is 15.4. The molecule has 1 saturated carbocycles. The Morgan fingerprint density at radius 2 is 1.89 bits per heavy atom. The van der Waals surface area contributed by atoms with E-state index in [1.807, 2.05) is 0 Å². The van der Waals surface area contributed by atoms with Crippen LogP contribution in [0.4, 0.5) is 0 Å². The predicted molar refractivity (Wildman–Crippen MR) is 98.3 cm³/mol. The zero-order chi connectivity index (χ0) is 19.7. The molecule has 2 aliphatic heterocycles. The van der Waals surface area contributed by atoms with Gasteiger partial charge in [0.15, 0.2) is 6.79 Å². The van der Waals surface area contributed by atoms with Gasteiger partial charge in [-0.1, -0.05) is 24.4 Å². The van der Waals surface area contributed by atoms with Gasteiger partial charge in [-0.15, -0.1) is 0 Å². The fourth-order valence-corrected chi connectivity index (χ4v) is 4.51. The molecular formula is C20H22ClNO6. The first-order valence-electron chi connectivity index (χ1n) is 9.57. The van der Waals surface area contributed by atoms with Crippen LogP contribution in [0.1, 0.15) is 43.2 Å². The Kier molecular flexibility index (Phi) is 5.55. The summed E-state index contributed by atoms with van der Waals surface area (Å²) in [7, 11) is 0.